The van der Waals surface area contributed by atoms with E-state index < -0.39 is 6.10 Å². The number of halogens is 1. The molecule has 0 saturated carbocycles. The zero-order valence-corrected chi connectivity index (χ0v) is 11.3. The second kappa shape index (κ2) is 6.53. The SMILES string of the molecule is C[C@@H](Oc1ccc(F)cc1)C(=O)Nc1cccc(C#N)c1. The third kappa shape index (κ3) is 4.05. The fourth-order valence-corrected chi connectivity index (χ4v) is 1.68. The molecule has 0 spiro atoms. The number of hydrogen-bond donors (Lipinski definition) is 1. The summed E-state index contributed by atoms with van der Waals surface area (Å²) in [6.45, 7) is 1.59. The Morgan fingerprint density at radius 1 is 1.29 bits per heavy atom. The second-order valence-corrected chi connectivity index (χ2v) is 4.40. The van der Waals surface area contributed by atoms with Gasteiger partial charge in [0, 0.05) is 5.69 Å². The zero-order valence-electron chi connectivity index (χ0n) is 11.3. The minimum absolute atomic E-state index is 0.352. The fourth-order valence-electron chi connectivity index (χ4n) is 1.68. The summed E-state index contributed by atoms with van der Waals surface area (Å²) in [7, 11) is 0. The average Bonchev–Trinajstić information content (AvgIpc) is 2.49. The number of rotatable bonds is 4. The van der Waals surface area contributed by atoms with E-state index in [1.807, 2.05) is 6.07 Å². The second-order valence-electron chi connectivity index (χ2n) is 4.40. The Balaban J connectivity index is 1.99. The van der Waals surface area contributed by atoms with E-state index in [1.54, 1.807) is 31.2 Å². The van der Waals surface area contributed by atoms with E-state index >= 15 is 0 Å². The Hall–Kier alpha value is -2.87. The molecule has 0 aliphatic carbocycles. The van der Waals surface area contributed by atoms with Crippen molar-refractivity contribution < 1.29 is 13.9 Å². The molecule has 0 aliphatic rings. The van der Waals surface area contributed by atoms with Crippen LogP contribution in [0.25, 0.3) is 0 Å². The van der Waals surface area contributed by atoms with Crippen molar-refractivity contribution in [3.05, 3.63) is 59.9 Å². The third-order valence-electron chi connectivity index (χ3n) is 2.75. The Labute approximate surface area is 121 Å². The molecule has 1 amide bonds. The van der Waals surface area contributed by atoms with E-state index in [0.29, 0.717) is 17.0 Å². The number of carbonyl (C=O) groups is 1. The van der Waals surface area contributed by atoms with Gasteiger partial charge in [0.05, 0.1) is 11.6 Å². The molecule has 0 fully saturated rings. The number of amides is 1. The molecule has 106 valence electrons. The topological polar surface area (TPSA) is 62.1 Å². The van der Waals surface area contributed by atoms with Crippen LogP contribution in [0.1, 0.15) is 12.5 Å². The number of anilines is 1. The first-order chi connectivity index (χ1) is 10.1. The molecule has 21 heavy (non-hydrogen) atoms. The van der Waals surface area contributed by atoms with Crippen molar-refractivity contribution in [1.29, 1.82) is 5.26 Å². The zero-order chi connectivity index (χ0) is 15.2. The number of ether oxygens (including phenoxy) is 1. The molecule has 0 unspecified atom stereocenters. The highest BCUT2D eigenvalue weighted by Gasteiger charge is 2.15. The molecule has 2 aromatic rings. The number of nitrogens with zero attached hydrogens (tertiary/aromatic N) is 1. The lowest BCUT2D eigenvalue weighted by Gasteiger charge is -2.14. The van der Waals surface area contributed by atoms with E-state index in [1.165, 1.54) is 24.3 Å². The monoisotopic (exact) mass is 284 g/mol. The molecule has 4 nitrogen and oxygen atoms in total. The molecule has 0 heterocycles. The molecular formula is C16H13FN2O2. The molecule has 1 atom stereocenters. The van der Waals surface area contributed by atoms with Crippen molar-refractivity contribution >= 4 is 11.6 Å². The fraction of sp³-hybridized carbons (Fsp3) is 0.125. The van der Waals surface area contributed by atoms with Crippen molar-refractivity contribution in [2.45, 2.75) is 13.0 Å². The van der Waals surface area contributed by atoms with Gasteiger partial charge >= 0.3 is 0 Å². The highest BCUT2D eigenvalue weighted by atomic mass is 19.1. The molecule has 1 N–H and O–H groups in total. The lowest BCUT2D eigenvalue weighted by molar-refractivity contribution is -0.122. The molecule has 0 aliphatic heterocycles. The van der Waals surface area contributed by atoms with E-state index in [-0.39, 0.29) is 11.7 Å². The largest absolute Gasteiger partial charge is 0.481 e. The van der Waals surface area contributed by atoms with E-state index in [9.17, 15) is 9.18 Å². The van der Waals surface area contributed by atoms with Crippen LogP contribution in [0.2, 0.25) is 0 Å². The molecular weight excluding hydrogens is 271 g/mol. The van der Waals surface area contributed by atoms with Gasteiger partial charge in [0.15, 0.2) is 6.10 Å². The third-order valence-corrected chi connectivity index (χ3v) is 2.75. The van der Waals surface area contributed by atoms with Crippen LogP contribution in [0.15, 0.2) is 48.5 Å². The van der Waals surface area contributed by atoms with Gasteiger partial charge in [-0.05, 0) is 49.4 Å². The summed E-state index contributed by atoms with van der Waals surface area (Å²) in [5, 5.41) is 11.5. The number of nitrogens with one attached hydrogen (secondary N) is 1. The Morgan fingerprint density at radius 2 is 2.00 bits per heavy atom. The van der Waals surface area contributed by atoms with E-state index in [4.69, 9.17) is 10.00 Å². The number of carbonyl (C=O) groups excluding carboxylic acids is 1. The first-order valence-corrected chi connectivity index (χ1v) is 6.32. The first kappa shape index (κ1) is 14.5. The van der Waals surface area contributed by atoms with Gasteiger partial charge in [0.1, 0.15) is 11.6 Å². The predicted molar refractivity (Wildman–Crippen MR) is 76.3 cm³/mol. The van der Waals surface area contributed by atoms with Crippen LogP contribution in [-0.4, -0.2) is 12.0 Å². The van der Waals surface area contributed by atoms with Crippen molar-refractivity contribution in [3.63, 3.8) is 0 Å². The van der Waals surface area contributed by atoms with Crippen LogP contribution in [-0.2, 0) is 4.79 Å². The van der Waals surface area contributed by atoms with Crippen LogP contribution >= 0.6 is 0 Å². The minimum Gasteiger partial charge on any atom is -0.481 e. The van der Waals surface area contributed by atoms with E-state index in [0.717, 1.165) is 0 Å². The maximum absolute atomic E-state index is 12.8. The molecule has 0 saturated heterocycles. The molecule has 0 bridgehead atoms. The van der Waals surface area contributed by atoms with Gasteiger partial charge in [0.2, 0.25) is 0 Å². The standard InChI is InChI=1S/C16H13FN2O2/c1-11(21-15-7-5-13(17)6-8-15)16(20)19-14-4-2-3-12(9-14)10-18/h2-9,11H,1H3,(H,19,20)/t11-/m1/s1. The highest BCUT2D eigenvalue weighted by molar-refractivity contribution is 5.94. The van der Waals surface area contributed by atoms with Crippen LogP contribution in [0.5, 0.6) is 5.75 Å². The van der Waals surface area contributed by atoms with Crippen LogP contribution in [0.4, 0.5) is 10.1 Å². The van der Waals surface area contributed by atoms with Gasteiger partial charge in [-0.3, -0.25) is 4.79 Å². The molecule has 2 rings (SSSR count). The molecule has 0 radical (unpaired) electrons. The number of hydrogen-bond acceptors (Lipinski definition) is 3. The van der Waals surface area contributed by atoms with Gasteiger partial charge in [-0.15, -0.1) is 0 Å². The van der Waals surface area contributed by atoms with E-state index in [2.05, 4.69) is 5.32 Å². The maximum Gasteiger partial charge on any atom is 0.265 e. The maximum atomic E-state index is 12.8. The highest BCUT2D eigenvalue weighted by Crippen LogP contribution is 2.15. The summed E-state index contributed by atoms with van der Waals surface area (Å²) >= 11 is 0. The van der Waals surface area contributed by atoms with Crippen molar-refractivity contribution in [3.8, 4) is 11.8 Å². The van der Waals surface area contributed by atoms with Crippen molar-refractivity contribution in [2.24, 2.45) is 0 Å². The Bertz CT molecular complexity index is 677. The summed E-state index contributed by atoms with van der Waals surface area (Å²) in [6.07, 6.45) is -0.749. The summed E-state index contributed by atoms with van der Waals surface area (Å²) in [5.41, 5.74) is 0.980. The smallest absolute Gasteiger partial charge is 0.265 e. The predicted octanol–water partition coefficient (Wildman–Crippen LogP) is 3.10. The van der Waals surface area contributed by atoms with Gasteiger partial charge in [-0.1, -0.05) is 6.07 Å². The average molecular weight is 284 g/mol. The van der Waals surface area contributed by atoms with Crippen LogP contribution in [0.3, 0.4) is 0 Å². The lowest BCUT2D eigenvalue weighted by Crippen LogP contribution is -2.30. The van der Waals surface area contributed by atoms with Crippen molar-refractivity contribution in [2.75, 3.05) is 5.32 Å². The number of nitriles is 1. The quantitative estimate of drug-likeness (QED) is 0.938. The van der Waals surface area contributed by atoms with Crippen molar-refractivity contribution in [1.82, 2.24) is 0 Å². The Morgan fingerprint density at radius 3 is 2.67 bits per heavy atom. The van der Waals surface area contributed by atoms with Gasteiger partial charge < -0.3 is 10.1 Å². The van der Waals surface area contributed by atoms with Gasteiger partial charge in [-0.25, -0.2) is 4.39 Å². The lowest BCUT2D eigenvalue weighted by atomic mass is 10.2. The molecule has 0 aromatic heterocycles. The van der Waals surface area contributed by atoms with Gasteiger partial charge in [0.25, 0.3) is 5.91 Å². The van der Waals surface area contributed by atoms with Crippen LogP contribution < -0.4 is 10.1 Å². The summed E-state index contributed by atoms with van der Waals surface area (Å²) in [6, 6.07) is 14.0. The summed E-state index contributed by atoms with van der Waals surface area (Å²) in [4.78, 5) is 12.0. The molecule has 5 heteroatoms. The minimum atomic E-state index is -0.749. The summed E-state index contributed by atoms with van der Waals surface area (Å²) in [5.74, 6) is -0.313. The normalized spacial score (nSPS) is 11.3. The first-order valence-electron chi connectivity index (χ1n) is 6.32. The van der Waals surface area contributed by atoms with Gasteiger partial charge in [-0.2, -0.15) is 5.26 Å². The van der Waals surface area contributed by atoms with Crippen LogP contribution in [0, 0.1) is 17.1 Å². The molecule has 2 aromatic carbocycles. The Kier molecular flexibility index (Phi) is 4.52. The number of benzene rings is 2. The summed E-state index contributed by atoms with van der Waals surface area (Å²) < 4.78 is 18.2.